The molecule has 0 amide bonds. The Bertz CT molecular complexity index is 4540. The van der Waals surface area contributed by atoms with Gasteiger partial charge in [-0.05, 0) is 115 Å². The van der Waals surface area contributed by atoms with Crippen molar-refractivity contribution in [1.29, 1.82) is 0 Å². The monoisotopic (exact) mass is 896 g/mol. The third-order valence-corrected chi connectivity index (χ3v) is 13.1. The second-order valence-corrected chi connectivity index (χ2v) is 18.2. The number of para-hydroxylation sites is 3. The van der Waals surface area contributed by atoms with E-state index in [9.17, 15) is 5.48 Å². The molecule has 0 atom stereocenters. The van der Waals surface area contributed by atoms with Crippen LogP contribution in [0.25, 0.3) is 106 Å². The van der Waals surface area contributed by atoms with Crippen LogP contribution in [0.5, 0.6) is 11.5 Å². The minimum atomic E-state index is -0.524. The molecule has 0 aliphatic carbocycles. The molecule has 9 aromatic carbocycles. The van der Waals surface area contributed by atoms with Gasteiger partial charge in [-0.2, -0.15) is 0 Å². The van der Waals surface area contributed by atoms with E-state index < -0.39 is 48.3 Å². The molecule has 1 aliphatic rings. The second kappa shape index (κ2) is 15.9. The average Bonchev–Trinajstić information content (AvgIpc) is 4.17. The number of benzene rings is 9. The highest BCUT2D eigenvalue weighted by molar-refractivity contribution is 6.10. The molecule has 5 heteroatoms. The van der Waals surface area contributed by atoms with Gasteiger partial charge in [0.15, 0.2) is 0 Å². The Labute approximate surface area is 415 Å². The largest absolute Gasteiger partial charge is 0.458 e. The van der Waals surface area contributed by atoms with Crippen LogP contribution < -0.4 is 9.30 Å². The summed E-state index contributed by atoms with van der Waals surface area (Å²) < 4.78 is 102. The van der Waals surface area contributed by atoms with Gasteiger partial charge in [-0.1, -0.05) is 184 Å². The number of fused-ring (bicyclic) bond motifs is 10. The zero-order valence-electron chi connectivity index (χ0n) is 47.8. The lowest BCUT2D eigenvalue weighted by atomic mass is 9.84. The fourth-order valence-corrected chi connectivity index (χ4v) is 10.0. The zero-order valence-corrected chi connectivity index (χ0v) is 37.8. The van der Waals surface area contributed by atoms with Gasteiger partial charge in [0.25, 0.3) is 6.33 Å². The fourth-order valence-electron chi connectivity index (χ4n) is 10.0. The number of pyridine rings is 1. The molecule has 0 saturated carbocycles. The van der Waals surface area contributed by atoms with E-state index in [0.717, 1.165) is 44.3 Å². The quantitative estimate of drug-likeness (QED) is 0.123. The third kappa shape index (κ3) is 6.69. The molecule has 0 saturated heterocycles. The molecule has 5 nitrogen and oxygen atoms in total. The molecule has 0 unspecified atom stereocenters. The third-order valence-electron chi connectivity index (χ3n) is 13.1. The van der Waals surface area contributed by atoms with E-state index >= 15 is 0 Å². The van der Waals surface area contributed by atoms with Crippen LogP contribution in [0.15, 0.2) is 224 Å². The minimum absolute atomic E-state index is 0.0219. The Morgan fingerprint density at radius 3 is 1.96 bits per heavy atom. The van der Waals surface area contributed by atoms with Crippen molar-refractivity contribution in [2.24, 2.45) is 0 Å². The highest BCUT2D eigenvalue weighted by atomic mass is 16.5. The van der Waals surface area contributed by atoms with Gasteiger partial charge < -0.3 is 4.74 Å². The van der Waals surface area contributed by atoms with Crippen LogP contribution in [0.1, 0.15) is 40.0 Å². The summed E-state index contributed by atoms with van der Waals surface area (Å²) in [5.74, 6) is 1.96. The Kier molecular flexibility index (Phi) is 7.21. The topological polar surface area (TPSA) is 35.9 Å². The molecule has 69 heavy (non-hydrogen) atoms. The molecular weight excluding hydrogens is 841 g/mol. The van der Waals surface area contributed by atoms with Crippen molar-refractivity contribution in [3.63, 3.8) is 0 Å². The van der Waals surface area contributed by atoms with E-state index in [0.29, 0.717) is 67.3 Å². The standard InChI is InChI=1S/C64H46N4O/c1-64(2,3)44-36-37-65-60(38-44)68-57-32-13-12-25-51(57)52-35-34-47(40-59(52)68)69-46-23-14-22-45(39-46)66-41-67-62-49(43-20-8-5-9-21-43)28-16-30-56(62)54-29-15-27-48(42-18-6-4-7-19-42)61(54)53-26-11-10-24-50(53)55-31-17-33-58(66)63(55)67/h4-40H,1-3H3/i4D,5D,6D,7D,8D,9D,18D,19D,20D,21D. The van der Waals surface area contributed by atoms with Crippen molar-refractivity contribution in [1.82, 2.24) is 14.1 Å². The van der Waals surface area contributed by atoms with Gasteiger partial charge in [-0.3, -0.25) is 13.7 Å². The number of aromatic nitrogens is 4. The van der Waals surface area contributed by atoms with Gasteiger partial charge in [0, 0.05) is 23.0 Å². The summed E-state index contributed by atoms with van der Waals surface area (Å²) in [6, 6.07) is 46.4. The highest BCUT2D eigenvalue weighted by Gasteiger charge is 2.28. The predicted octanol–water partition coefficient (Wildman–Crippen LogP) is 15.9. The van der Waals surface area contributed by atoms with Crippen molar-refractivity contribution in [2.75, 3.05) is 0 Å². The van der Waals surface area contributed by atoms with E-state index in [4.69, 9.17) is 17.9 Å². The first-order valence-electron chi connectivity index (χ1n) is 27.8. The molecule has 0 N–H and O–H groups in total. The van der Waals surface area contributed by atoms with E-state index in [-0.39, 0.29) is 28.6 Å². The zero-order chi connectivity index (χ0) is 54.9. The summed E-state index contributed by atoms with van der Waals surface area (Å²) in [5, 5.41) is 2.15. The lowest BCUT2D eigenvalue weighted by Crippen LogP contribution is -2.32. The predicted molar refractivity (Wildman–Crippen MR) is 282 cm³/mol. The van der Waals surface area contributed by atoms with Crippen LogP contribution in [0.4, 0.5) is 0 Å². The molecule has 4 heterocycles. The number of nitrogens with zero attached hydrogens (tertiary/aromatic N) is 4. The van der Waals surface area contributed by atoms with E-state index in [2.05, 4.69) is 62.0 Å². The smallest absolute Gasteiger partial charge is 0.269 e. The SMILES string of the molecule is [2H]c1c([2H])c([2H])c(-c2cccc3c2-c2ccccc2-c2cccc4c2[n+]([c-]n4-c2cccc(Oc4ccc5c6ccccc6n(-c6cc(C(C)(C)C)ccn6)c5c4)c2)-c2c-3cccc2-c2c([2H])c([2H])c([2H])c([2H])c2[2H])c([2H])c1[2H]. The van der Waals surface area contributed by atoms with Gasteiger partial charge in [0.1, 0.15) is 17.3 Å². The summed E-state index contributed by atoms with van der Waals surface area (Å²) in [6.07, 6.45) is 5.55. The molecule has 13 rings (SSSR count). The lowest BCUT2D eigenvalue weighted by molar-refractivity contribution is -0.570. The van der Waals surface area contributed by atoms with Crippen molar-refractivity contribution in [3.05, 3.63) is 236 Å². The highest BCUT2D eigenvalue weighted by Crippen LogP contribution is 2.48. The Morgan fingerprint density at radius 2 is 1.14 bits per heavy atom. The van der Waals surface area contributed by atoms with E-state index in [1.54, 1.807) is 24.3 Å². The van der Waals surface area contributed by atoms with Crippen molar-refractivity contribution in [3.8, 4) is 84.3 Å². The van der Waals surface area contributed by atoms with Crippen LogP contribution in [0.3, 0.4) is 0 Å². The molecular formula is C64H46N4O. The average molecular weight is 897 g/mol. The maximum atomic E-state index is 9.33. The van der Waals surface area contributed by atoms with Gasteiger partial charge in [0.05, 0.1) is 47.1 Å². The molecule has 3 aromatic heterocycles. The summed E-state index contributed by atoms with van der Waals surface area (Å²) in [7, 11) is 0. The summed E-state index contributed by atoms with van der Waals surface area (Å²) in [4.78, 5) is 4.87. The number of imidazole rings is 1. The van der Waals surface area contributed by atoms with Gasteiger partial charge >= 0.3 is 0 Å². The van der Waals surface area contributed by atoms with Crippen LogP contribution >= 0.6 is 0 Å². The Hall–Kier alpha value is -8.80. The molecule has 0 radical (unpaired) electrons. The van der Waals surface area contributed by atoms with Crippen molar-refractivity contribution < 1.29 is 23.0 Å². The number of ether oxygens (including phenoxy) is 1. The normalized spacial score (nSPS) is 14.0. The number of hydrogen-bond donors (Lipinski definition) is 0. The number of hydrogen-bond acceptors (Lipinski definition) is 2. The molecule has 1 aliphatic heterocycles. The Balaban J connectivity index is 1.05. The van der Waals surface area contributed by atoms with Crippen molar-refractivity contribution in [2.45, 2.75) is 26.2 Å². The molecule has 328 valence electrons. The summed E-state index contributed by atoms with van der Waals surface area (Å²) in [5.41, 5.74) is 10.2. The first kappa shape index (κ1) is 31.2. The Morgan fingerprint density at radius 1 is 0.522 bits per heavy atom. The lowest BCUT2D eigenvalue weighted by Gasteiger charge is -2.21. The van der Waals surface area contributed by atoms with Crippen LogP contribution in [0, 0.1) is 6.33 Å². The van der Waals surface area contributed by atoms with E-state index in [1.165, 1.54) is 0 Å². The fraction of sp³-hybridized carbons (Fsp3) is 0.0625. The van der Waals surface area contributed by atoms with Gasteiger partial charge in [-0.15, -0.1) is 0 Å². The van der Waals surface area contributed by atoms with Crippen LogP contribution in [0.2, 0.25) is 0 Å². The first-order valence-corrected chi connectivity index (χ1v) is 22.8. The first-order chi connectivity index (χ1) is 38.0. The van der Waals surface area contributed by atoms with Crippen LogP contribution in [-0.2, 0) is 5.41 Å². The summed E-state index contributed by atoms with van der Waals surface area (Å²) in [6.45, 7) is 6.57. The maximum absolute atomic E-state index is 9.33. The molecule has 0 spiro atoms. The van der Waals surface area contributed by atoms with Gasteiger partial charge in [0.2, 0.25) is 0 Å². The number of rotatable bonds is 6. The van der Waals surface area contributed by atoms with Crippen molar-refractivity contribution >= 4 is 32.8 Å². The molecule has 0 fully saturated rings. The molecule has 12 aromatic rings. The van der Waals surface area contributed by atoms with E-state index in [1.807, 2.05) is 118 Å². The van der Waals surface area contributed by atoms with Crippen LogP contribution in [-0.4, -0.2) is 14.1 Å². The minimum Gasteiger partial charge on any atom is -0.458 e. The molecule has 0 bridgehead atoms. The maximum Gasteiger partial charge on any atom is 0.269 e. The summed E-state index contributed by atoms with van der Waals surface area (Å²) >= 11 is 0. The second-order valence-electron chi connectivity index (χ2n) is 18.2. The van der Waals surface area contributed by atoms with Gasteiger partial charge in [-0.25, -0.2) is 4.98 Å².